The molecule has 2 fully saturated rings. The number of nitrogens with zero attached hydrogens (tertiary/aromatic N) is 6. The summed E-state index contributed by atoms with van der Waals surface area (Å²) >= 11 is 1.42. The molecule has 11 heteroatoms. The number of methoxy groups -OCH3 is 2. The van der Waals surface area contributed by atoms with E-state index in [1.54, 1.807) is 14.2 Å². The largest absolute Gasteiger partial charge is 0.378 e. The number of carbonyl (C=O) groups excluding carboxylic acids is 1. The van der Waals surface area contributed by atoms with E-state index in [1.807, 2.05) is 43.3 Å². The fourth-order valence-corrected chi connectivity index (χ4v) is 5.41. The molecule has 5 rings (SSSR count). The maximum absolute atomic E-state index is 13.1. The average Bonchev–Trinajstić information content (AvgIpc) is 3.49. The SMILES string of the molecule is COC1CN(c2cccc([C@@H](OC)C(=O)Cc3nnc(N[C@@H]4CCN(c5ccc(C)nn5)C4)s3)c2)C1. The number of hydrogen-bond acceptors (Lipinski definition) is 11. The Morgan fingerprint density at radius 3 is 2.72 bits per heavy atom. The molecule has 36 heavy (non-hydrogen) atoms. The topological polar surface area (TPSA) is 106 Å². The Kier molecular flexibility index (Phi) is 7.40. The molecular weight excluding hydrogens is 478 g/mol. The van der Waals surface area contributed by atoms with Gasteiger partial charge in [0.2, 0.25) is 5.13 Å². The maximum atomic E-state index is 13.1. The third-order valence-corrected chi connectivity index (χ3v) is 7.52. The number of anilines is 3. The fraction of sp³-hybridized carbons (Fsp3) is 0.480. The van der Waals surface area contributed by atoms with Gasteiger partial charge < -0.3 is 24.6 Å². The highest BCUT2D eigenvalue weighted by Gasteiger charge is 2.29. The summed E-state index contributed by atoms with van der Waals surface area (Å²) in [7, 11) is 3.30. The molecule has 0 spiro atoms. The summed E-state index contributed by atoms with van der Waals surface area (Å²) in [6.45, 7) is 5.35. The lowest BCUT2D eigenvalue weighted by molar-refractivity contribution is -0.128. The van der Waals surface area contributed by atoms with E-state index in [0.717, 1.165) is 60.5 Å². The van der Waals surface area contributed by atoms with Gasteiger partial charge in [-0.15, -0.1) is 15.3 Å². The van der Waals surface area contributed by atoms with Crippen LogP contribution in [0.1, 0.15) is 28.8 Å². The van der Waals surface area contributed by atoms with Gasteiger partial charge in [0.25, 0.3) is 0 Å². The number of carbonyl (C=O) groups is 1. The van der Waals surface area contributed by atoms with Gasteiger partial charge in [-0.3, -0.25) is 4.79 Å². The van der Waals surface area contributed by atoms with Crippen molar-refractivity contribution in [3.8, 4) is 0 Å². The maximum Gasteiger partial charge on any atom is 0.205 e. The van der Waals surface area contributed by atoms with Crippen molar-refractivity contribution in [1.29, 1.82) is 0 Å². The third-order valence-electron chi connectivity index (χ3n) is 6.66. The van der Waals surface area contributed by atoms with E-state index in [-0.39, 0.29) is 24.3 Å². The second-order valence-corrected chi connectivity index (χ2v) is 10.3. The number of hydrogen-bond donors (Lipinski definition) is 1. The molecule has 0 aliphatic carbocycles. The van der Waals surface area contributed by atoms with E-state index in [2.05, 4.69) is 35.5 Å². The highest BCUT2D eigenvalue weighted by molar-refractivity contribution is 7.15. The number of Topliss-reactive ketones (excluding diaryl/α,β-unsaturated/α-hetero) is 1. The molecule has 0 saturated carbocycles. The summed E-state index contributed by atoms with van der Waals surface area (Å²) in [5.41, 5.74) is 2.82. The van der Waals surface area contributed by atoms with Crippen LogP contribution in [0.25, 0.3) is 0 Å². The van der Waals surface area contributed by atoms with Crippen LogP contribution >= 0.6 is 11.3 Å². The minimum Gasteiger partial charge on any atom is -0.378 e. The Hall–Kier alpha value is -3.15. The lowest BCUT2D eigenvalue weighted by Crippen LogP contribution is -2.51. The van der Waals surface area contributed by atoms with E-state index in [0.29, 0.717) is 5.01 Å². The van der Waals surface area contributed by atoms with Crippen LogP contribution in [0, 0.1) is 6.92 Å². The second-order valence-electron chi connectivity index (χ2n) is 9.23. The van der Waals surface area contributed by atoms with Gasteiger partial charge in [0, 0.05) is 52.1 Å². The van der Waals surface area contributed by atoms with E-state index >= 15 is 0 Å². The van der Waals surface area contributed by atoms with E-state index in [4.69, 9.17) is 9.47 Å². The summed E-state index contributed by atoms with van der Waals surface area (Å²) in [5, 5.41) is 21.8. The summed E-state index contributed by atoms with van der Waals surface area (Å²) in [6, 6.07) is 12.2. The quantitative estimate of drug-likeness (QED) is 0.438. The van der Waals surface area contributed by atoms with Crippen molar-refractivity contribution in [2.75, 3.05) is 55.5 Å². The second kappa shape index (κ2) is 10.9. The molecule has 0 unspecified atom stereocenters. The van der Waals surface area contributed by atoms with Crippen LogP contribution in [0.4, 0.5) is 16.6 Å². The van der Waals surface area contributed by atoms with E-state index < -0.39 is 6.10 Å². The zero-order valence-corrected chi connectivity index (χ0v) is 21.6. The lowest BCUT2D eigenvalue weighted by Gasteiger charge is -2.40. The predicted octanol–water partition coefficient (Wildman–Crippen LogP) is 2.66. The summed E-state index contributed by atoms with van der Waals surface area (Å²) < 4.78 is 11.0. The van der Waals surface area contributed by atoms with Crippen LogP contribution in [0.15, 0.2) is 36.4 Å². The number of rotatable bonds is 10. The summed E-state index contributed by atoms with van der Waals surface area (Å²) in [4.78, 5) is 17.6. The molecule has 2 atom stereocenters. The highest BCUT2D eigenvalue weighted by atomic mass is 32.1. The number of aryl methyl sites for hydroxylation is 1. The number of ketones is 1. The van der Waals surface area contributed by atoms with Gasteiger partial charge >= 0.3 is 0 Å². The van der Waals surface area contributed by atoms with Crippen LogP contribution in [0.3, 0.4) is 0 Å². The van der Waals surface area contributed by atoms with Gasteiger partial charge in [0.05, 0.1) is 18.2 Å². The predicted molar refractivity (Wildman–Crippen MR) is 139 cm³/mol. The molecule has 2 aromatic heterocycles. The smallest absolute Gasteiger partial charge is 0.205 e. The Morgan fingerprint density at radius 2 is 1.97 bits per heavy atom. The summed E-state index contributed by atoms with van der Waals surface area (Å²) in [5.74, 6) is 0.844. The van der Waals surface area contributed by atoms with Crippen molar-refractivity contribution in [3.63, 3.8) is 0 Å². The lowest BCUT2D eigenvalue weighted by atomic mass is 10.0. The third kappa shape index (κ3) is 5.48. The fourth-order valence-electron chi connectivity index (χ4n) is 4.58. The monoisotopic (exact) mass is 509 g/mol. The minimum atomic E-state index is -0.649. The molecule has 4 heterocycles. The molecule has 0 amide bonds. The molecule has 1 N–H and O–H groups in total. The first-order valence-corrected chi connectivity index (χ1v) is 12.9. The Morgan fingerprint density at radius 1 is 1.11 bits per heavy atom. The van der Waals surface area contributed by atoms with Crippen molar-refractivity contribution < 1.29 is 14.3 Å². The van der Waals surface area contributed by atoms with Crippen molar-refractivity contribution in [3.05, 3.63) is 52.7 Å². The zero-order valence-electron chi connectivity index (χ0n) is 20.8. The summed E-state index contributed by atoms with van der Waals surface area (Å²) in [6.07, 6.45) is 0.752. The van der Waals surface area contributed by atoms with Crippen LogP contribution in [0.2, 0.25) is 0 Å². The van der Waals surface area contributed by atoms with Gasteiger partial charge in [-0.1, -0.05) is 23.5 Å². The van der Waals surface area contributed by atoms with Crippen LogP contribution in [0.5, 0.6) is 0 Å². The van der Waals surface area contributed by atoms with Gasteiger partial charge in [0.1, 0.15) is 11.1 Å². The van der Waals surface area contributed by atoms with Crippen LogP contribution < -0.4 is 15.1 Å². The molecule has 190 valence electrons. The van der Waals surface area contributed by atoms with Crippen molar-refractivity contribution >= 4 is 33.8 Å². The number of nitrogens with one attached hydrogen (secondary N) is 1. The number of ether oxygens (including phenoxy) is 2. The molecule has 0 radical (unpaired) electrons. The first-order chi connectivity index (χ1) is 17.5. The molecule has 1 aromatic carbocycles. The minimum absolute atomic E-state index is 0.0410. The molecule has 2 aliphatic rings. The number of aromatic nitrogens is 4. The number of benzene rings is 1. The Labute approximate surface area is 214 Å². The van der Waals surface area contributed by atoms with Gasteiger partial charge in [0.15, 0.2) is 11.6 Å². The van der Waals surface area contributed by atoms with Gasteiger partial charge in [-0.05, 0) is 43.2 Å². The van der Waals surface area contributed by atoms with Crippen molar-refractivity contribution in [1.82, 2.24) is 20.4 Å². The standard InChI is InChI=1S/C25H31N7O3S/c1-16-7-8-22(28-27-16)31-10-9-18(13-31)26-25-30-29-23(36-25)12-21(33)24(35-3)17-5-4-6-19(11-17)32-14-20(15-32)34-2/h4-8,11,18,20,24H,9-10,12-15H2,1-3H3,(H,26,30)/t18-,24-/m1/s1. The normalized spacial score (nSPS) is 18.8. The highest BCUT2D eigenvalue weighted by Crippen LogP contribution is 2.29. The Bertz CT molecular complexity index is 1180. The van der Waals surface area contributed by atoms with E-state index in [9.17, 15) is 4.79 Å². The zero-order chi connectivity index (χ0) is 25.1. The van der Waals surface area contributed by atoms with E-state index in [1.165, 1.54) is 11.3 Å². The molecule has 2 saturated heterocycles. The van der Waals surface area contributed by atoms with Gasteiger partial charge in [-0.25, -0.2) is 0 Å². The first-order valence-electron chi connectivity index (χ1n) is 12.1. The van der Waals surface area contributed by atoms with Crippen LogP contribution in [-0.4, -0.2) is 78.7 Å². The first kappa shape index (κ1) is 24.5. The van der Waals surface area contributed by atoms with Crippen molar-refractivity contribution in [2.24, 2.45) is 0 Å². The molecule has 0 bridgehead atoms. The van der Waals surface area contributed by atoms with Crippen LogP contribution in [-0.2, 0) is 20.7 Å². The molecule has 3 aromatic rings. The average molecular weight is 510 g/mol. The molecule has 2 aliphatic heterocycles. The molecular formula is C25H31N7O3S. The molecule has 10 nitrogen and oxygen atoms in total. The van der Waals surface area contributed by atoms with Crippen molar-refractivity contribution in [2.45, 2.75) is 38.0 Å². The van der Waals surface area contributed by atoms with Gasteiger partial charge in [-0.2, -0.15) is 5.10 Å². The Balaban J connectivity index is 1.17.